The van der Waals surface area contributed by atoms with E-state index >= 15 is 0 Å². The van der Waals surface area contributed by atoms with Crippen molar-refractivity contribution >= 4 is 5.97 Å². The van der Waals surface area contributed by atoms with Gasteiger partial charge in [0, 0.05) is 6.04 Å². The van der Waals surface area contributed by atoms with E-state index in [1.165, 1.54) is 7.11 Å². The van der Waals surface area contributed by atoms with Gasteiger partial charge in [0.05, 0.1) is 13.7 Å². The summed E-state index contributed by atoms with van der Waals surface area (Å²) in [5.74, 6) is 0.262. The second-order valence-electron chi connectivity index (χ2n) is 4.51. The maximum absolute atomic E-state index is 11.6. The number of rotatable bonds is 7. The fraction of sp³-hybridized carbons (Fsp3) is 0.500. The molecule has 0 saturated heterocycles. The Labute approximate surface area is 113 Å². The number of benzene rings is 1. The van der Waals surface area contributed by atoms with E-state index in [1.807, 2.05) is 13.8 Å². The molecule has 5 nitrogen and oxygen atoms in total. The monoisotopic (exact) mass is 267 g/mol. The number of esters is 1. The Bertz CT molecular complexity index is 406. The Balaban J connectivity index is 2.61. The smallest absolute Gasteiger partial charge is 0.326 e. The zero-order valence-corrected chi connectivity index (χ0v) is 11.6. The summed E-state index contributed by atoms with van der Waals surface area (Å²) in [6.45, 7) is 4.03. The Morgan fingerprint density at radius 1 is 1.42 bits per heavy atom. The largest absolute Gasteiger partial charge is 0.491 e. The number of nitrogens with one attached hydrogen (secondary N) is 1. The van der Waals surface area contributed by atoms with Crippen molar-refractivity contribution in [2.24, 2.45) is 0 Å². The van der Waals surface area contributed by atoms with Crippen LogP contribution in [-0.2, 0) is 16.1 Å². The minimum Gasteiger partial charge on any atom is -0.491 e. The SMILES string of the molecule is COC(=O)C(COc1cccc(CO)c1)NC(C)C. The zero-order valence-electron chi connectivity index (χ0n) is 11.6. The lowest BCUT2D eigenvalue weighted by Gasteiger charge is -2.19. The molecule has 0 spiro atoms. The molecular formula is C14H21NO4. The molecule has 0 aliphatic carbocycles. The first kappa shape index (κ1) is 15.5. The van der Waals surface area contributed by atoms with Crippen LogP contribution < -0.4 is 10.1 Å². The maximum Gasteiger partial charge on any atom is 0.326 e. The average Bonchev–Trinajstić information content (AvgIpc) is 2.42. The molecule has 1 rings (SSSR count). The van der Waals surface area contributed by atoms with E-state index in [9.17, 15) is 4.79 Å². The lowest BCUT2D eigenvalue weighted by Crippen LogP contribution is -2.45. The third-order valence-corrected chi connectivity index (χ3v) is 2.52. The van der Waals surface area contributed by atoms with Crippen molar-refractivity contribution < 1.29 is 19.4 Å². The van der Waals surface area contributed by atoms with Gasteiger partial charge in [0.25, 0.3) is 0 Å². The van der Waals surface area contributed by atoms with Gasteiger partial charge in [0.1, 0.15) is 18.4 Å². The highest BCUT2D eigenvalue weighted by atomic mass is 16.5. The Morgan fingerprint density at radius 2 is 2.16 bits per heavy atom. The highest BCUT2D eigenvalue weighted by Gasteiger charge is 2.20. The van der Waals surface area contributed by atoms with Crippen LogP contribution in [0.15, 0.2) is 24.3 Å². The number of carbonyl (C=O) groups excluding carboxylic acids is 1. The number of ether oxygens (including phenoxy) is 2. The fourth-order valence-electron chi connectivity index (χ4n) is 1.64. The van der Waals surface area contributed by atoms with Crippen LogP contribution in [0.25, 0.3) is 0 Å². The summed E-state index contributed by atoms with van der Waals surface area (Å²) >= 11 is 0. The molecular weight excluding hydrogens is 246 g/mol. The molecule has 0 aromatic heterocycles. The maximum atomic E-state index is 11.6. The highest BCUT2D eigenvalue weighted by Crippen LogP contribution is 2.13. The van der Waals surface area contributed by atoms with Gasteiger partial charge in [0.15, 0.2) is 0 Å². The number of aliphatic hydroxyl groups excluding tert-OH is 1. The summed E-state index contributed by atoms with van der Waals surface area (Å²) in [6.07, 6.45) is 0. The minimum atomic E-state index is -0.511. The molecule has 0 aliphatic rings. The molecule has 0 heterocycles. The van der Waals surface area contributed by atoms with Crippen molar-refractivity contribution in [3.05, 3.63) is 29.8 Å². The summed E-state index contributed by atoms with van der Waals surface area (Å²) in [4.78, 5) is 11.6. The molecule has 0 bridgehead atoms. The van der Waals surface area contributed by atoms with E-state index in [4.69, 9.17) is 14.6 Å². The number of hydrogen-bond acceptors (Lipinski definition) is 5. The molecule has 5 heteroatoms. The second kappa shape index (κ2) is 7.76. The fourth-order valence-corrected chi connectivity index (χ4v) is 1.64. The van der Waals surface area contributed by atoms with E-state index in [-0.39, 0.29) is 25.2 Å². The van der Waals surface area contributed by atoms with Gasteiger partial charge in [0.2, 0.25) is 0 Å². The highest BCUT2D eigenvalue weighted by molar-refractivity contribution is 5.75. The summed E-state index contributed by atoms with van der Waals surface area (Å²) in [5, 5.41) is 12.1. The number of methoxy groups -OCH3 is 1. The molecule has 0 radical (unpaired) electrons. The molecule has 0 saturated carbocycles. The van der Waals surface area contributed by atoms with Crippen LogP contribution in [0, 0.1) is 0 Å². The van der Waals surface area contributed by atoms with Crippen LogP contribution in [0.3, 0.4) is 0 Å². The minimum absolute atomic E-state index is 0.0398. The van der Waals surface area contributed by atoms with Gasteiger partial charge in [-0.15, -0.1) is 0 Å². The van der Waals surface area contributed by atoms with E-state index in [2.05, 4.69) is 5.32 Å². The predicted octanol–water partition coefficient (Wildman–Crippen LogP) is 1.10. The summed E-state index contributed by atoms with van der Waals surface area (Å²) in [5.41, 5.74) is 0.768. The second-order valence-corrected chi connectivity index (χ2v) is 4.51. The molecule has 1 unspecified atom stereocenters. The summed E-state index contributed by atoms with van der Waals surface area (Å²) in [7, 11) is 1.35. The third-order valence-electron chi connectivity index (χ3n) is 2.52. The molecule has 0 amide bonds. The number of carbonyl (C=O) groups is 1. The molecule has 19 heavy (non-hydrogen) atoms. The molecule has 106 valence electrons. The normalized spacial score (nSPS) is 12.3. The van der Waals surface area contributed by atoms with Crippen LogP contribution in [0.2, 0.25) is 0 Å². The molecule has 0 aliphatic heterocycles. The number of hydrogen-bond donors (Lipinski definition) is 2. The van der Waals surface area contributed by atoms with Crippen molar-refractivity contribution in [2.75, 3.05) is 13.7 Å². The van der Waals surface area contributed by atoms with Gasteiger partial charge >= 0.3 is 5.97 Å². The molecule has 1 aromatic carbocycles. The average molecular weight is 267 g/mol. The van der Waals surface area contributed by atoms with Crippen molar-refractivity contribution in [2.45, 2.75) is 32.5 Å². The zero-order chi connectivity index (χ0) is 14.3. The standard InChI is InChI=1S/C14H21NO4/c1-10(2)15-13(14(17)18-3)9-19-12-6-4-5-11(7-12)8-16/h4-7,10,13,15-16H,8-9H2,1-3H3. The third kappa shape index (κ3) is 5.28. The molecule has 1 atom stereocenters. The van der Waals surface area contributed by atoms with Crippen LogP contribution in [-0.4, -0.2) is 36.9 Å². The quantitative estimate of drug-likeness (QED) is 0.724. The lowest BCUT2D eigenvalue weighted by molar-refractivity contribution is -0.144. The van der Waals surface area contributed by atoms with Crippen molar-refractivity contribution in [3.63, 3.8) is 0 Å². The van der Waals surface area contributed by atoms with E-state index in [0.717, 1.165) is 5.56 Å². The van der Waals surface area contributed by atoms with Gasteiger partial charge in [-0.3, -0.25) is 10.1 Å². The van der Waals surface area contributed by atoms with Crippen molar-refractivity contribution in [3.8, 4) is 5.75 Å². The lowest BCUT2D eigenvalue weighted by atomic mass is 10.2. The molecule has 1 aromatic rings. The van der Waals surface area contributed by atoms with E-state index < -0.39 is 6.04 Å². The van der Waals surface area contributed by atoms with E-state index in [0.29, 0.717) is 5.75 Å². The van der Waals surface area contributed by atoms with Gasteiger partial charge in [-0.1, -0.05) is 26.0 Å². The topological polar surface area (TPSA) is 67.8 Å². The van der Waals surface area contributed by atoms with Crippen LogP contribution in [0.4, 0.5) is 0 Å². The van der Waals surface area contributed by atoms with Gasteiger partial charge in [-0.05, 0) is 17.7 Å². The van der Waals surface area contributed by atoms with Crippen LogP contribution in [0.5, 0.6) is 5.75 Å². The molecule has 0 fully saturated rings. The predicted molar refractivity (Wildman–Crippen MR) is 71.9 cm³/mol. The van der Waals surface area contributed by atoms with Gasteiger partial charge in [-0.2, -0.15) is 0 Å². The van der Waals surface area contributed by atoms with Gasteiger partial charge in [-0.25, -0.2) is 0 Å². The Kier molecular flexibility index (Phi) is 6.32. The first-order valence-electron chi connectivity index (χ1n) is 6.23. The van der Waals surface area contributed by atoms with Gasteiger partial charge < -0.3 is 14.6 Å². The first-order valence-corrected chi connectivity index (χ1v) is 6.23. The summed E-state index contributed by atoms with van der Waals surface area (Å²) in [6, 6.07) is 6.76. The van der Waals surface area contributed by atoms with Crippen LogP contribution in [0.1, 0.15) is 19.4 Å². The Hall–Kier alpha value is -1.59. The Morgan fingerprint density at radius 3 is 2.74 bits per heavy atom. The summed E-state index contributed by atoms with van der Waals surface area (Å²) < 4.78 is 10.3. The first-order chi connectivity index (χ1) is 9.06. The number of aliphatic hydroxyl groups is 1. The van der Waals surface area contributed by atoms with E-state index in [1.54, 1.807) is 24.3 Å². The molecule has 2 N–H and O–H groups in total. The van der Waals surface area contributed by atoms with Crippen molar-refractivity contribution in [1.29, 1.82) is 0 Å². The van der Waals surface area contributed by atoms with Crippen molar-refractivity contribution in [1.82, 2.24) is 5.32 Å². The van der Waals surface area contributed by atoms with Crippen LogP contribution >= 0.6 is 0 Å².